The van der Waals surface area contributed by atoms with E-state index in [0.29, 0.717) is 11.1 Å². The smallest absolute Gasteiger partial charge is 0.338 e. The number of hydrogen-bond acceptors (Lipinski definition) is 7. The van der Waals surface area contributed by atoms with E-state index >= 15 is 0 Å². The molecule has 3 rings (SSSR count). The number of aliphatic hydroxyl groups excluding tert-OH is 1. The zero-order valence-electron chi connectivity index (χ0n) is 16.1. The molecule has 2 aromatic carbocycles. The van der Waals surface area contributed by atoms with Crippen molar-refractivity contribution in [1.82, 2.24) is 9.55 Å². The first kappa shape index (κ1) is 20.2. The van der Waals surface area contributed by atoms with Crippen molar-refractivity contribution in [3.05, 3.63) is 73.3 Å². The standard InChI is InChI=1S/C20H19N3O6/c1-4-29-20(26)17-11(2)9-13-18(12(17)3)19(25)22(16(10-24)21-13)14-7-5-6-8-15(14)23(27)28/h5-9,24H,4,10H2,1-3H3. The molecule has 0 saturated heterocycles. The van der Waals surface area contributed by atoms with E-state index in [4.69, 9.17) is 4.74 Å². The summed E-state index contributed by atoms with van der Waals surface area (Å²) in [6.07, 6.45) is 0. The topological polar surface area (TPSA) is 125 Å². The number of para-hydroxylation sites is 2. The second-order valence-corrected chi connectivity index (χ2v) is 6.38. The molecule has 0 spiro atoms. The molecular formula is C20H19N3O6. The third-order valence-corrected chi connectivity index (χ3v) is 4.62. The Balaban J connectivity index is 2.45. The summed E-state index contributed by atoms with van der Waals surface area (Å²) in [6.45, 7) is 4.56. The minimum absolute atomic E-state index is 0.0152. The number of nitro benzene ring substituents is 1. The van der Waals surface area contributed by atoms with Crippen LogP contribution in [0.25, 0.3) is 16.6 Å². The van der Waals surface area contributed by atoms with Crippen LogP contribution in [0.15, 0.2) is 35.1 Å². The molecule has 3 aromatic rings. The predicted molar refractivity (Wildman–Crippen MR) is 105 cm³/mol. The lowest BCUT2D eigenvalue weighted by Gasteiger charge is -2.16. The zero-order chi connectivity index (χ0) is 21.3. The van der Waals surface area contributed by atoms with Gasteiger partial charge in [-0.1, -0.05) is 12.1 Å². The molecular weight excluding hydrogens is 378 g/mol. The van der Waals surface area contributed by atoms with Crippen LogP contribution in [-0.2, 0) is 11.3 Å². The van der Waals surface area contributed by atoms with E-state index < -0.39 is 23.1 Å². The highest BCUT2D eigenvalue weighted by Gasteiger charge is 2.24. The molecule has 0 unspecified atom stereocenters. The van der Waals surface area contributed by atoms with Crippen LogP contribution in [0.2, 0.25) is 0 Å². The molecule has 1 heterocycles. The summed E-state index contributed by atoms with van der Waals surface area (Å²) < 4.78 is 6.10. The maximum Gasteiger partial charge on any atom is 0.338 e. The number of aromatic nitrogens is 2. The molecule has 29 heavy (non-hydrogen) atoms. The summed E-state index contributed by atoms with van der Waals surface area (Å²) in [5, 5.41) is 21.4. The highest BCUT2D eigenvalue weighted by atomic mass is 16.6. The lowest BCUT2D eigenvalue weighted by Crippen LogP contribution is -2.26. The van der Waals surface area contributed by atoms with Crippen molar-refractivity contribution in [2.45, 2.75) is 27.4 Å². The molecule has 0 radical (unpaired) electrons. The Bertz CT molecular complexity index is 1200. The zero-order valence-corrected chi connectivity index (χ0v) is 16.1. The summed E-state index contributed by atoms with van der Waals surface area (Å²) in [5.74, 6) is -0.605. The van der Waals surface area contributed by atoms with E-state index in [-0.39, 0.29) is 40.3 Å². The minimum atomic E-state index is -0.614. The van der Waals surface area contributed by atoms with Gasteiger partial charge in [0, 0.05) is 6.07 Å². The molecule has 9 heteroatoms. The molecule has 1 aromatic heterocycles. The predicted octanol–water partition coefficient (Wildman–Crippen LogP) is 2.58. The molecule has 9 nitrogen and oxygen atoms in total. The van der Waals surface area contributed by atoms with Crippen LogP contribution in [0.1, 0.15) is 34.2 Å². The van der Waals surface area contributed by atoms with Crippen LogP contribution in [0.4, 0.5) is 5.69 Å². The number of benzene rings is 2. The summed E-state index contributed by atoms with van der Waals surface area (Å²) in [7, 11) is 0. The number of nitrogens with zero attached hydrogens (tertiary/aromatic N) is 3. The lowest BCUT2D eigenvalue weighted by atomic mass is 9.98. The summed E-state index contributed by atoms with van der Waals surface area (Å²) in [5.41, 5.74) is 0.553. The van der Waals surface area contributed by atoms with E-state index in [1.54, 1.807) is 32.9 Å². The molecule has 0 aliphatic rings. The fraction of sp³-hybridized carbons (Fsp3) is 0.250. The molecule has 0 fully saturated rings. The van der Waals surface area contributed by atoms with Crippen LogP contribution < -0.4 is 5.56 Å². The monoisotopic (exact) mass is 397 g/mol. The number of nitro groups is 1. The highest BCUT2D eigenvalue weighted by molar-refractivity contribution is 5.99. The Kier molecular flexibility index (Phi) is 5.42. The fourth-order valence-corrected chi connectivity index (χ4v) is 3.42. The third kappa shape index (κ3) is 3.36. The molecule has 1 N–H and O–H groups in total. The first-order chi connectivity index (χ1) is 13.8. The van der Waals surface area contributed by atoms with Crippen LogP contribution in [0, 0.1) is 24.0 Å². The molecule has 0 bridgehead atoms. The van der Waals surface area contributed by atoms with E-state index in [2.05, 4.69) is 4.98 Å². The second-order valence-electron chi connectivity index (χ2n) is 6.38. The van der Waals surface area contributed by atoms with Crippen molar-refractivity contribution in [1.29, 1.82) is 0 Å². The maximum atomic E-state index is 13.4. The van der Waals surface area contributed by atoms with Crippen molar-refractivity contribution in [3.63, 3.8) is 0 Å². The molecule has 0 atom stereocenters. The second kappa shape index (κ2) is 7.80. The summed E-state index contributed by atoms with van der Waals surface area (Å²) in [4.78, 5) is 40.9. The molecule has 0 aliphatic carbocycles. The van der Waals surface area contributed by atoms with Crippen LogP contribution in [0.5, 0.6) is 0 Å². The third-order valence-electron chi connectivity index (χ3n) is 4.62. The average Bonchev–Trinajstić information content (AvgIpc) is 2.67. The number of carbonyl (C=O) groups excluding carboxylic acids is 1. The van der Waals surface area contributed by atoms with Gasteiger partial charge < -0.3 is 9.84 Å². The van der Waals surface area contributed by atoms with Crippen LogP contribution in [-0.4, -0.2) is 32.2 Å². The van der Waals surface area contributed by atoms with Crippen LogP contribution in [0.3, 0.4) is 0 Å². The van der Waals surface area contributed by atoms with Crippen molar-refractivity contribution in [2.24, 2.45) is 0 Å². The van der Waals surface area contributed by atoms with E-state index in [0.717, 1.165) is 4.57 Å². The molecule has 0 amide bonds. The molecule has 0 aliphatic heterocycles. The van der Waals surface area contributed by atoms with Gasteiger partial charge in [0.15, 0.2) is 0 Å². The van der Waals surface area contributed by atoms with Gasteiger partial charge in [-0.2, -0.15) is 0 Å². The number of hydrogen-bond donors (Lipinski definition) is 1. The largest absolute Gasteiger partial charge is 0.462 e. The Morgan fingerprint density at radius 2 is 2.00 bits per heavy atom. The first-order valence-corrected chi connectivity index (χ1v) is 8.89. The van der Waals surface area contributed by atoms with Gasteiger partial charge in [-0.25, -0.2) is 9.78 Å². The quantitative estimate of drug-likeness (QED) is 0.398. The lowest BCUT2D eigenvalue weighted by molar-refractivity contribution is -0.384. The number of carbonyl (C=O) groups is 1. The number of aliphatic hydroxyl groups is 1. The minimum Gasteiger partial charge on any atom is -0.462 e. The highest BCUT2D eigenvalue weighted by Crippen LogP contribution is 2.26. The molecule has 0 saturated carbocycles. The SMILES string of the molecule is CCOC(=O)c1c(C)cc2nc(CO)n(-c3ccccc3[N+](=O)[O-])c(=O)c2c1C. The number of rotatable bonds is 5. The van der Waals surface area contributed by atoms with E-state index in [1.165, 1.54) is 18.2 Å². The maximum absolute atomic E-state index is 13.4. The van der Waals surface area contributed by atoms with E-state index in [1.807, 2.05) is 0 Å². The van der Waals surface area contributed by atoms with Gasteiger partial charge in [0.25, 0.3) is 11.2 Å². The van der Waals surface area contributed by atoms with Crippen LogP contribution >= 0.6 is 0 Å². The van der Waals surface area contributed by atoms with Gasteiger partial charge in [0.2, 0.25) is 0 Å². The van der Waals surface area contributed by atoms with Crippen molar-refractivity contribution >= 4 is 22.6 Å². The van der Waals surface area contributed by atoms with Crippen molar-refractivity contribution in [2.75, 3.05) is 6.61 Å². The van der Waals surface area contributed by atoms with Gasteiger partial charge in [-0.05, 0) is 44.0 Å². The van der Waals surface area contributed by atoms with Gasteiger partial charge >= 0.3 is 5.97 Å². The Morgan fingerprint density at radius 1 is 1.31 bits per heavy atom. The Morgan fingerprint density at radius 3 is 2.62 bits per heavy atom. The first-order valence-electron chi connectivity index (χ1n) is 8.89. The Hall–Kier alpha value is -3.59. The number of fused-ring (bicyclic) bond motifs is 1. The number of ether oxygens (including phenoxy) is 1. The van der Waals surface area contributed by atoms with Crippen molar-refractivity contribution in [3.8, 4) is 5.69 Å². The average molecular weight is 397 g/mol. The Labute approximate surface area is 165 Å². The summed E-state index contributed by atoms with van der Waals surface area (Å²) in [6, 6.07) is 7.26. The normalized spacial score (nSPS) is 10.9. The van der Waals surface area contributed by atoms with Crippen molar-refractivity contribution < 1.29 is 19.6 Å². The fourth-order valence-electron chi connectivity index (χ4n) is 3.42. The number of aryl methyl sites for hydroxylation is 2. The van der Waals surface area contributed by atoms with Gasteiger partial charge in [-0.15, -0.1) is 0 Å². The van der Waals surface area contributed by atoms with Gasteiger partial charge in [0.1, 0.15) is 18.1 Å². The van der Waals surface area contributed by atoms with Gasteiger partial charge in [-0.3, -0.25) is 19.5 Å². The van der Waals surface area contributed by atoms with Gasteiger partial charge in [0.05, 0.1) is 28.0 Å². The number of esters is 1. The molecule has 150 valence electrons. The van der Waals surface area contributed by atoms with E-state index in [9.17, 15) is 24.8 Å². The summed E-state index contributed by atoms with van der Waals surface area (Å²) >= 11 is 0.